The Labute approximate surface area is 70.7 Å². The maximum Gasteiger partial charge on any atom is 0.109 e. The molecule has 0 saturated heterocycles. The van der Waals surface area contributed by atoms with Crippen LogP contribution in [0.1, 0.15) is 33.1 Å². The third-order valence-electron chi connectivity index (χ3n) is 2.12. The SMILES string of the molecule is CCCC[N+](C)(CCC)OC. The number of quaternary nitrogens is 1. The highest BCUT2D eigenvalue weighted by Gasteiger charge is 2.18. The predicted octanol–water partition coefficient (Wildman–Crippen LogP) is 2.20. The molecule has 68 valence electrons. The van der Waals surface area contributed by atoms with Crippen molar-refractivity contribution in [2.24, 2.45) is 0 Å². The zero-order valence-corrected chi connectivity index (χ0v) is 8.39. The third kappa shape index (κ3) is 4.38. The van der Waals surface area contributed by atoms with Crippen LogP contribution < -0.4 is 0 Å². The van der Waals surface area contributed by atoms with E-state index in [-0.39, 0.29) is 0 Å². The smallest absolute Gasteiger partial charge is 0.109 e. The first-order valence-electron chi connectivity index (χ1n) is 4.58. The van der Waals surface area contributed by atoms with Crippen molar-refractivity contribution in [3.8, 4) is 0 Å². The Morgan fingerprint density at radius 3 is 2.09 bits per heavy atom. The van der Waals surface area contributed by atoms with Gasteiger partial charge >= 0.3 is 0 Å². The fraction of sp³-hybridized carbons (Fsp3) is 1.00. The highest BCUT2D eigenvalue weighted by Crippen LogP contribution is 2.06. The van der Waals surface area contributed by atoms with E-state index in [0.717, 1.165) is 17.7 Å². The van der Waals surface area contributed by atoms with Gasteiger partial charge < -0.3 is 0 Å². The van der Waals surface area contributed by atoms with Crippen molar-refractivity contribution in [2.75, 3.05) is 27.2 Å². The van der Waals surface area contributed by atoms with Crippen molar-refractivity contribution in [1.29, 1.82) is 0 Å². The largest absolute Gasteiger partial charge is 0.206 e. The molecule has 11 heavy (non-hydrogen) atoms. The molecule has 0 aromatic rings. The number of hydrogen-bond acceptors (Lipinski definition) is 1. The number of rotatable bonds is 6. The number of hydrogen-bond donors (Lipinski definition) is 0. The minimum atomic E-state index is 0.768. The van der Waals surface area contributed by atoms with Gasteiger partial charge in [0, 0.05) is 0 Å². The van der Waals surface area contributed by atoms with E-state index in [1.165, 1.54) is 19.3 Å². The Morgan fingerprint density at radius 1 is 1.09 bits per heavy atom. The standard InChI is InChI=1S/C9H22NO/c1-5-7-9-10(3,11-4)8-6-2/h5-9H2,1-4H3/q+1. The van der Waals surface area contributed by atoms with Crippen molar-refractivity contribution < 1.29 is 9.48 Å². The maximum atomic E-state index is 5.42. The van der Waals surface area contributed by atoms with Gasteiger partial charge in [-0.15, -0.1) is 0 Å². The average molecular weight is 160 g/mol. The van der Waals surface area contributed by atoms with Gasteiger partial charge in [-0.05, 0) is 12.8 Å². The van der Waals surface area contributed by atoms with Crippen LogP contribution in [0.25, 0.3) is 0 Å². The van der Waals surface area contributed by atoms with Crippen molar-refractivity contribution >= 4 is 0 Å². The lowest BCUT2D eigenvalue weighted by atomic mass is 10.3. The highest BCUT2D eigenvalue weighted by molar-refractivity contribution is 4.32. The molecule has 1 unspecified atom stereocenters. The van der Waals surface area contributed by atoms with Crippen LogP contribution in [0.3, 0.4) is 0 Å². The van der Waals surface area contributed by atoms with Crippen LogP contribution in [-0.4, -0.2) is 31.9 Å². The van der Waals surface area contributed by atoms with Crippen LogP contribution in [0.4, 0.5) is 0 Å². The van der Waals surface area contributed by atoms with Gasteiger partial charge in [-0.1, -0.05) is 20.3 Å². The molecule has 0 spiro atoms. The number of nitrogens with zero attached hydrogens (tertiary/aromatic N) is 1. The lowest BCUT2D eigenvalue weighted by Gasteiger charge is -2.29. The minimum absolute atomic E-state index is 0.768. The monoisotopic (exact) mass is 160 g/mol. The molecule has 0 aromatic carbocycles. The first kappa shape index (κ1) is 10.9. The van der Waals surface area contributed by atoms with Crippen LogP contribution in [0.5, 0.6) is 0 Å². The second kappa shape index (κ2) is 5.56. The van der Waals surface area contributed by atoms with Gasteiger partial charge in [-0.2, -0.15) is 4.65 Å². The van der Waals surface area contributed by atoms with Crippen LogP contribution in [-0.2, 0) is 4.84 Å². The highest BCUT2D eigenvalue weighted by atomic mass is 16.7. The summed E-state index contributed by atoms with van der Waals surface area (Å²) in [5.74, 6) is 0. The zero-order valence-electron chi connectivity index (χ0n) is 8.39. The van der Waals surface area contributed by atoms with Crippen molar-refractivity contribution in [1.82, 2.24) is 0 Å². The Hall–Kier alpha value is -0.0800. The molecule has 0 aliphatic heterocycles. The van der Waals surface area contributed by atoms with Crippen LogP contribution in [0.2, 0.25) is 0 Å². The quantitative estimate of drug-likeness (QED) is 0.427. The van der Waals surface area contributed by atoms with Crippen molar-refractivity contribution in [2.45, 2.75) is 33.1 Å². The first-order valence-corrected chi connectivity index (χ1v) is 4.58. The van der Waals surface area contributed by atoms with Gasteiger partial charge in [0.05, 0.1) is 14.2 Å². The fourth-order valence-corrected chi connectivity index (χ4v) is 1.26. The number of unbranched alkanes of at least 4 members (excludes halogenated alkanes) is 1. The molecular formula is C9H22NO+. The molecule has 0 amide bonds. The van der Waals surface area contributed by atoms with Crippen molar-refractivity contribution in [3.63, 3.8) is 0 Å². The summed E-state index contributed by atoms with van der Waals surface area (Å²) in [6.07, 6.45) is 3.69. The van der Waals surface area contributed by atoms with E-state index in [1.807, 2.05) is 0 Å². The lowest BCUT2D eigenvalue weighted by Crippen LogP contribution is -2.44. The van der Waals surface area contributed by atoms with E-state index in [2.05, 4.69) is 20.9 Å². The van der Waals surface area contributed by atoms with E-state index >= 15 is 0 Å². The minimum Gasteiger partial charge on any atom is -0.206 e. The van der Waals surface area contributed by atoms with Crippen LogP contribution in [0.15, 0.2) is 0 Å². The molecule has 0 heterocycles. The topological polar surface area (TPSA) is 9.23 Å². The molecular weight excluding hydrogens is 138 g/mol. The Morgan fingerprint density at radius 2 is 1.73 bits per heavy atom. The molecule has 0 aliphatic carbocycles. The summed E-state index contributed by atoms with van der Waals surface area (Å²) in [4.78, 5) is 5.42. The summed E-state index contributed by atoms with van der Waals surface area (Å²) in [5, 5.41) is 0. The molecule has 1 atom stereocenters. The predicted molar refractivity (Wildman–Crippen MR) is 48.1 cm³/mol. The van der Waals surface area contributed by atoms with Gasteiger partial charge in [0.15, 0.2) is 0 Å². The molecule has 0 fully saturated rings. The molecule has 2 heteroatoms. The van der Waals surface area contributed by atoms with Crippen LogP contribution in [0, 0.1) is 0 Å². The summed E-state index contributed by atoms with van der Waals surface area (Å²) in [6, 6.07) is 0. The zero-order chi connectivity index (χ0) is 8.74. The second-order valence-corrected chi connectivity index (χ2v) is 3.28. The van der Waals surface area contributed by atoms with Crippen molar-refractivity contribution in [3.05, 3.63) is 0 Å². The maximum absolute atomic E-state index is 5.42. The summed E-state index contributed by atoms with van der Waals surface area (Å²) in [6.45, 7) is 6.67. The Bertz CT molecular complexity index is 95.6. The summed E-state index contributed by atoms with van der Waals surface area (Å²) < 4.78 is 0.768. The molecule has 0 radical (unpaired) electrons. The van der Waals surface area contributed by atoms with Gasteiger partial charge in [0.2, 0.25) is 0 Å². The lowest BCUT2D eigenvalue weighted by molar-refractivity contribution is -1.09. The summed E-state index contributed by atoms with van der Waals surface area (Å²) in [7, 11) is 3.95. The van der Waals surface area contributed by atoms with Gasteiger partial charge in [0.1, 0.15) is 13.1 Å². The fourth-order valence-electron chi connectivity index (χ4n) is 1.26. The molecule has 0 aliphatic rings. The van der Waals surface area contributed by atoms with E-state index < -0.39 is 0 Å². The van der Waals surface area contributed by atoms with Gasteiger partial charge in [0.25, 0.3) is 0 Å². The molecule has 0 bridgehead atoms. The average Bonchev–Trinajstić information content (AvgIpc) is 2.02. The van der Waals surface area contributed by atoms with Gasteiger partial charge in [-0.25, -0.2) is 4.84 Å². The summed E-state index contributed by atoms with van der Waals surface area (Å²) >= 11 is 0. The Balaban J connectivity index is 3.68. The van der Waals surface area contributed by atoms with Crippen LogP contribution >= 0.6 is 0 Å². The Kier molecular flexibility index (Phi) is 5.51. The van der Waals surface area contributed by atoms with Gasteiger partial charge in [-0.3, -0.25) is 0 Å². The summed E-state index contributed by atoms with van der Waals surface area (Å²) in [5.41, 5.74) is 0. The first-order chi connectivity index (χ1) is 5.18. The molecule has 0 N–H and O–H groups in total. The normalized spacial score (nSPS) is 16.4. The molecule has 0 rings (SSSR count). The molecule has 0 saturated carbocycles. The van der Waals surface area contributed by atoms with E-state index in [4.69, 9.17) is 4.84 Å². The molecule has 0 aromatic heterocycles. The third-order valence-corrected chi connectivity index (χ3v) is 2.12. The number of hydroxylamine groups is 3. The van der Waals surface area contributed by atoms with E-state index in [1.54, 1.807) is 7.11 Å². The van der Waals surface area contributed by atoms with E-state index in [0.29, 0.717) is 0 Å². The van der Waals surface area contributed by atoms with E-state index in [9.17, 15) is 0 Å². The molecule has 2 nitrogen and oxygen atoms in total. The second-order valence-electron chi connectivity index (χ2n) is 3.28.